The van der Waals surface area contributed by atoms with Crippen molar-refractivity contribution in [2.45, 2.75) is 51.9 Å². The van der Waals surface area contributed by atoms with Crippen LogP contribution in [0.25, 0.3) is 5.69 Å². The van der Waals surface area contributed by atoms with Crippen molar-refractivity contribution in [3.05, 3.63) is 91.3 Å². The minimum Gasteiger partial charge on any atom is -0.480 e. The monoisotopic (exact) mass is 572 g/mol. The molecule has 0 unspecified atom stereocenters. The molecule has 1 aromatic heterocycles. The second-order valence-electron chi connectivity index (χ2n) is 10.4. The summed E-state index contributed by atoms with van der Waals surface area (Å²) in [5.41, 5.74) is -3.40. The zero-order valence-electron chi connectivity index (χ0n) is 22.8. The van der Waals surface area contributed by atoms with Crippen LogP contribution in [0.2, 0.25) is 0 Å². The third kappa shape index (κ3) is 5.03. The van der Waals surface area contributed by atoms with Gasteiger partial charge in [0, 0.05) is 18.9 Å². The van der Waals surface area contributed by atoms with Gasteiger partial charge in [-0.25, -0.2) is 4.79 Å². The molecule has 41 heavy (non-hydrogen) atoms. The van der Waals surface area contributed by atoms with Crippen molar-refractivity contribution in [2.24, 2.45) is 0 Å². The average molecular weight is 573 g/mol. The minimum absolute atomic E-state index is 0.0179. The molecule has 0 saturated carbocycles. The number of nitrogens with one attached hydrogen (secondary N) is 1. The molecule has 1 atom stereocenters. The number of hydrogen-bond acceptors (Lipinski definition) is 5. The molecular formula is C28H27F3N4O6. The number of carbonyl (C=O) groups excluding carboxylic acids is 2. The second-order valence-corrected chi connectivity index (χ2v) is 10.4. The lowest BCUT2D eigenvalue weighted by molar-refractivity contribution is -0.139. The van der Waals surface area contributed by atoms with Crippen LogP contribution in [0.4, 0.5) is 18.9 Å². The van der Waals surface area contributed by atoms with Gasteiger partial charge in [0.15, 0.2) is 0 Å². The molecule has 10 nitrogen and oxygen atoms in total. The number of aromatic nitrogens is 2. The second kappa shape index (κ2) is 10.1. The minimum atomic E-state index is -4.68. The van der Waals surface area contributed by atoms with E-state index in [9.17, 15) is 42.3 Å². The van der Waals surface area contributed by atoms with Gasteiger partial charge in [-0.1, -0.05) is 12.1 Å². The van der Waals surface area contributed by atoms with E-state index in [0.29, 0.717) is 15.8 Å². The first-order valence-electron chi connectivity index (χ1n) is 12.5. The number of fused-ring (bicyclic) bond motifs is 1. The van der Waals surface area contributed by atoms with E-state index < -0.39 is 58.4 Å². The third-order valence-electron chi connectivity index (χ3n) is 7.35. The summed E-state index contributed by atoms with van der Waals surface area (Å²) in [4.78, 5) is 65.6. The number of hydrogen-bond donors (Lipinski definition) is 2. The van der Waals surface area contributed by atoms with Crippen LogP contribution in [-0.2, 0) is 27.7 Å². The number of anilines is 1. The lowest BCUT2D eigenvalue weighted by Crippen LogP contribution is -2.46. The van der Waals surface area contributed by atoms with Gasteiger partial charge in [-0.2, -0.15) is 13.2 Å². The van der Waals surface area contributed by atoms with Gasteiger partial charge < -0.3 is 15.3 Å². The van der Waals surface area contributed by atoms with Crippen LogP contribution in [0, 0.1) is 6.92 Å². The van der Waals surface area contributed by atoms with E-state index in [2.05, 4.69) is 5.32 Å². The van der Waals surface area contributed by atoms with Crippen LogP contribution < -0.4 is 21.5 Å². The first kappa shape index (κ1) is 29.3. The van der Waals surface area contributed by atoms with E-state index in [1.54, 1.807) is 33.0 Å². The Bertz CT molecular complexity index is 1720. The zero-order chi connectivity index (χ0) is 30.6. The summed E-state index contributed by atoms with van der Waals surface area (Å²) in [6.45, 7) is 5.20. The van der Waals surface area contributed by atoms with E-state index in [-0.39, 0.29) is 22.7 Å². The molecule has 1 aliphatic rings. The molecule has 1 aliphatic heterocycles. The van der Waals surface area contributed by atoms with Crippen molar-refractivity contribution in [1.29, 1.82) is 0 Å². The topological polar surface area (TPSA) is 131 Å². The van der Waals surface area contributed by atoms with E-state index in [1.165, 1.54) is 30.9 Å². The predicted octanol–water partition coefficient (Wildman–Crippen LogP) is 2.83. The lowest BCUT2D eigenvalue weighted by Gasteiger charge is -2.19. The number of amides is 2. The standard InChI is InChI=1S/C28H27F3N4O6/c1-14-16(7-6-8-19(14)28(29,30)31)12-35-23(37)18(22(36)32-15(2)24(38)39)13-34(26(35)41)17-9-10-21-20(11-17)27(3,4)25(40)33(21)5/h6-11,13,15H,12H2,1-5H3,(H,32,36)(H,38,39)/t15-/m0/s1. The van der Waals surface area contributed by atoms with Crippen LogP contribution in [-0.4, -0.2) is 45.1 Å². The van der Waals surface area contributed by atoms with Crippen molar-refractivity contribution in [1.82, 2.24) is 14.5 Å². The lowest BCUT2D eigenvalue weighted by atomic mass is 9.86. The van der Waals surface area contributed by atoms with Crippen molar-refractivity contribution in [3.63, 3.8) is 0 Å². The summed E-state index contributed by atoms with van der Waals surface area (Å²) in [5.74, 6) is -2.66. The van der Waals surface area contributed by atoms with Gasteiger partial charge in [0.2, 0.25) is 5.91 Å². The molecule has 0 fully saturated rings. The molecule has 13 heteroatoms. The highest BCUT2D eigenvalue weighted by molar-refractivity contribution is 6.07. The normalized spacial score (nSPS) is 15.0. The Hall–Kier alpha value is -4.68. The number of likely N-dealkylation sites (N-methyl/N-ethyl adjacent to an activating group) is 1. The number of carboxylic acid groups (broad SMARTS) is 1. The number of aliphatic carboxylic acids is 1. The van der Waals surface area contributed by atoms with Gasteiger partial charge >= 0.3 is 17.8 Å². The molecule has 0 bridgehead atoms. The molecule has 216 valence electrons. The number of carboxylic acids is 1. The number of alkyl halides is 3. The molecule has 2 N–H and O–H groups in total. The van der Waals surface area contributed by atoms with Crippen molar-refractivity contribution >= 4 is 23.5 Å². The summed E-state index contributed by atoms with van der Waals surface area (Å²) in [5, 5.41) is 11.4. The summed E-state index contributed by atoms with van der Waals surface area (Å²) < 4.78 is 42.2. The summed E-state index contributed by atoms with van der Waals surface area (Å²) in [6, 6.07) is 6.63. The van der Waals surface area contributed by atoms with Gasteiger partial charge in [-0.05, 0) is 68.7 Å². The quantitative estimate of drug-likeness (QED) is 0.467. The smallest absolute Gasteiger partial charge is 0.416 e. The number of nitrogens with zero attached hydrogens (tertiary/aromatic N) is 3. The largest absolute Gasteiger partial charge is 0.480 e. The maximum absolute atomic E-state index is 13.7. The van der Waals surface area contributed by atoms with Crippen LogP contribution >= 0.6 is 0 Å². The van der Waals surface area contributed by atoms with Gasteiger partial charge in [0.25, 0.3) is 11.5 Å². The van der Waals surface area contributed by atoms with Gasteiger partial charge in [0.1, 0.15) is 11.6 Å². The SMILES string of the molecule is Cc1c(Cn2c(=O)c(C(=O)N[C@@H](C)C(=O)O)cn(-c3ccc4c(c3)C(C)(C)C(=O)N4C)c2=O)cccc1C(F)(F)F. The Labute approximate surface area is 231 Å². The molecule has 0 aliphatic carbocycles. The number of halogens is 3. The van der Waals surface area contributed by atoms with E-state index >= 15 is 0 Å². The maximum atomic E-state index is 13.7. The molecule has 0 saturated heterocycles. The van der Waals surface area contributed by atoms with Crippen molar-refractivity contribution in [3.8, 4) is 5.69 Å². The van der Waals surface area contributed by atoms with Crippen molar-refractivity contribution in [2.75, 3.05) is 11.9 Å². The van der Waals surface area contributed by atoms with E-state index in [0.717, 1.165) is 22.9 Å². The highest BCUT2D eigenvalue weighted by atomic mass is 19.4. The van der Waals surface area contributed by atoms with E-state index in [4.69, 9.17) is 0 Å². The summed E-state index contributed by atoms with van der Waals surface area (Å²) in [7, 11) is 1.60. The Kier molecular flexibility index (Phi) is 7.19. The fourth-order valence-corrected chi connectivity index (χ4v) is 4.86. The fourth-order valence-electron chi connectivity index (χ4n) is 4.86. The zero-order valence-corrected chi connectivity index (χ0v) is 22.8. The Balaban J connectivity index is 1.95. The predicted molar refractivity (Wildman–Crippen MR) is 143 cm³/mol. The average Bonchev–Trinajstić information content (AvgIpc) is 3.06. The van der Waals surface area contributed by atoms with Gasteiger partial charge in [-0.15, -0.1) is 0 Å². The van der Waals surface area contributed by atoms with Gasteiger partial charge in [-0.3, -0.25) is 28.3 Å². The molecule has 0 spiro atoms. The Morgan fingerprint density at radius 3 is 2.37 bits per heavy atom. The third-order valence-corrected chi connectivity index (χ3v) is 7.35. The van der Waals surface area contributed by atoms with Crippen molar-refractivity contribution < 1.29 is 32.7 Å². The van der Waals surface area contributed by atoms with Crippen LogP contribution in [0.1, 0.15) is 53.4 Å². The molecule has 4 rings (SSSR count). The molecule has 2 heterocycles. The highest BCUT2D eigenvalue weighted by Crippen LogP contribution is 2.41. The van der Waals surface area contributed by atoms with Crippen LogP contribution in [0.3, 0.4) is 0 Å². The Morgan fingerprint density at radius 2 is 1.76 bits per heavy atom. The van der Waals surface area contributed by atoms with E-state index in [1.807, 2.05) is 0 Å². The van der Waals surface area contributed by atoms with Crippen LogP contribution in [0.15, 0.2) is 52.2 Å². The first-order valence-corrected chi connectivity index (χ1v) is 12.5. The maximum Gasteiger partial charge on any atom is 0.416 e. The number of benzene rings is 2. The first-order chi connectivity index (χ1) is 19.0. The molecule has 0 radical (unpaired) electrons. The molecule has 2 amide bonds. The summed E-state index contributed by atoms with van der Waals surface area (Å²) in [6.07, 6.45) is -3.72. The number of rotatable bonds is 6. The molecule has 3 aromatic rings. The fraction of sp³-hybridized carbons (Fsp3) is 0.321. The highest BCUT2D eigenvalue weighted by Gasteiger charge is 2.42. The van der Waals surface area contributed by atoms with Crippen LogP contribution in [0.5, 0.6) is 0 Å². The summed E-state index contributed by atoms with van der Waals surface area (Å²) >= 11 is 0. The number of carbonyl (C=O) groups is 3. The molecular weight excluding hydrogens is 545 g/mol. The van der Waals surface area contributed by atoms with Gasteiger partial charge in [0.05, 0.1) is 23.2 Å². The Morgan fingerprint density at radius 1 is 1.10 bits per heavy atom. The molecule has 2 aromatic carbocycles.